The van der Waals surface area contributed by atoms with Crippen LogP contribution in [0.25, 0.3) is 0 Å². The summed E-state index contributed by atoms with van der Waals surface area (Å²) < 4.78 is 0. The van der Waals surface area contributed by atoms with Crippen LogP contribution in [-0.4, -0.2) is 29.6 Å². The van der Waals surface area contributed by atoms with Gasteiger partial charge in [0.15, 0.2) is 11.5 Å². The summed E-state index contributed by atoms with van der Waals surface area (Å²) in [4.78, 5) is 26.7. The molecule has 0 aromatic heterocycles. The van der Waals surface area contributed by atoms with Gasteiger partial charge in [-0.15, -0.1) is 0 Å². The van der Waals surface area contributed by atoms with Gasteiger partial charge >= 0.3 is 5.91 Å². The second-order valence-corrected chi connectivity index (χ2v) is 2.74. The number of hydrogen-bond donors (Lipinski definition) is 0. The Morgan fingerprint density at radius 3 is 2.92 bits per heavy atom. The van der Waals surface area contributed by atoms with Crippen molar-refractivity contribution in [1.82, 2.24) is 0 Å². The molecular formula is C8H8N4O. The van der Waals surface area contributed by atoms with E-state index in [1.165, 1.54) is 6.34 Å². The molecule has 2 rings (SSSR count). The van der Waals surface area contributed by atoms with Crippen LogP contribution in [-0.2, 0) is 4.79 Å². The fourth-order valence-electron chi connectivity index (χ4n) is 1.15. The van der Waals surface area contributed by atoms with Gasteiger partial charge in [0, 0.05) is 6.42 Å². The molecule has 5 nitrogen and oxygen atoms in total. The Kier molecular flexibility index (Phi) is 1.84. The first-order chi connectivity index (χ1) is 6.31. The Bertz CT molecular complexity index is 376. The standard InChI is InChI=1S/C8H8N4O/c1-2-3-5-11-6-7(12-5)9-4-10-8(6)13/h4H,2-3H2,1H3. The molecule has 0 saturated heterocycles. The molecule has 0 saturated carbocycles. The highest BCUT2D eigenvalue weighted by Crippen LogP contribution is 2.08. The Hall–Kier alpha value is -1.65. The maximum atomic E-state index is 11.1. The topological polar surface area (TPSA) is 66.5 Å². The van der Waals surface area contributed by atoms with E-state index in [0.29, 0.717) is 11.7 Å². The Labute approximate surface area is 75.0 Å². The largest absolute Gasteiger partial charge is 0.301 e. The summed E-state index contributed by atoms with van der Waals surface area (Å²) in [5, 5.41) is 0. The van der Waals surface area contributed by atoms with E-state index in [2.05, 4.69) is 20.0 Å². The molecule has 0 aromatic carbocycles. The molecule has 0 radical (unpaired) electrons. The fraction of sp³-hybridized carbons (Fsp3) is 0.375. The SMILES string of the molecule is CCCC1=NC2=NC=NC(=O)C2=N1. The van der Waals surface area contributed by atoms with E-state index in [0.717, 1.165) is 12.8 Å². The molecule has 0 aliphatic carbocycles. The molecule has 1 amide bonds. The van der Waals surface area contributed by atoms with Crippen molar-refractivity contribution in [3.63, 3.8) is 0 Å². The van der Waals surface area contributed by atoms with Gasteiger partial charge in [0.25, 0.3) is 0 Å². The fourth-order valence-corrected chi connectivity index (χ4v) is 1.15. The van der Waals surface area contributed by atoms with Crippen molar-refractivity contribution >= 4 is 29.6 Å². The third kappa shape index (κ3) is 1.32. The summed E-state index contributed by atoms with van der Waals surface area (Å²) in [6.07, 6.45) is 2.95. The number of amides is 1. The van der Waals surface area contributed by atoms with Crippen molar-refractivity contribution < 1.29 is 4.79 Å². The maximum Gasteiger partial charge on any atom is 0.301 e. The lowest BCUT2D eigenvalue weighted by molar-refractivity contribution is -0.111. The van der Waals surface area contributed by atoms with Crippen molar-refractivity contribution in [1.29, 1.82) is 0 Å². The van der Waals surface area contributed by atoms with Crippen LogP contribution in [0.15, 0.2) is 20.0 Å². The van der Waals surface area contributed by atoms with Gasteiger partial charge in [-0.05, 0) is 6.42 Å². The van der Waals surface area contributed by atoms with E-state index in [1.807, 2.05) is 6.92 Å². The van der Waals surface area contributed by atoms with Crippen molar-refractivity contribution in [3.8, 4) is 0 Å². The van der Waals surface area contributed by atoms with Gasteiger partial charge in [-0.25, -0.2) is 15.0 Å². The minimum atomic E-state index is -0.347. The molecule has 0 N–H and O–H groups in total. The highest BCUT2D eigenvalue weighted by molar-refractivity contribution is 6.71. The lowest BCUT2D eigenvalue weighted by Gasteiger charge is -1.96. The van der Waals surface area contributed by atoms with Gasteiger partial charge in [0.05, 0.1) is 0 Å². The zero-order valence-corrected chi connectivity index (χ0v) is 7.19. The second-order valence-electron chi connectivity index (χ2n) is 2.74. The van der Waals surface area contributed by atoms with E-state index in [1.54, 1.807) is 0 Å². The molecule has 2 aliphatic heterocycles. The zero-order chi connectivity index (χ0) is 9.26. The summed E-state index contributed by atoms with van der Waals surface area (Å²) in [7, 11) is 0. The monoisotopic (exact) mass is 176 g/mol. The van der Waals surface area contributed by atoms with Gasteiger partial charge in [-0.2, -0.15) is 4.99 Å². The molecule has 66 valence electrons. The van der Waals surface area contributed by atoms with Crippen LogP contribution in [0.2, 0.25) is 0 Å². The van der Waals surface area contributed by atoms with Crippen LogP contribution in [0.1, 0.15) is 19.8 Å². The molecule has 0 spiro atoms. The Morgan fingerprint density at radius 2 is 2.23 bits per heavy atom. The molecule has 5 heteroatoms. The molecule has 0 bridgehead atoms. The van der Waals surface area contributed by atoms with Gasteiger partial charge in [0.2, 0.25) is 0 Å². The number of aliphatic imine (C=N–C) groups is 4. The van der Waals surface area contributed by atoms with Crippen molar-refractivity contribution in [2.75, 3.05) is 0 Å². The van der Waals surface area contributed by atoms with E-state index < -0.39 is 0 Å². The third-order valence-electron chi connectivity index (χ3n) is 1.72. The first kappa shape index (κ1) is 7.97. The first-order valence-electron chi connectivity index (χ1n) is 4.12. The highest BCUT2D eigenvalue weighted by Gasteiger charge is 2.25. The quantitative estimate of drug-likeness (QED) is 0.607. The van der Waals surface area contributed by atoms with Crippen LogP contribution in [0.3, 0.4) is 0 Å². The van der Waals surface area contributed by atoms with Gasteiger partial charge in [-0.1, -0.05) is 6.92 Å². The molecule has 0 unspecified atom stereocenters. The zero-order valence-electron chi connectivity index (χ0n) is 7.19. The summed E-state index contributed by atoms with van der Waals surface area (Å²) in [5.41, 5.74) is 0.283. The maximum absolute atomic E-state index is 11.1. The third-order valence-corrected chi connectivity index (χ3v) is 1.72. The normalized spacial score (nSPS) is 19.5. The number of carbonyl (C=O) groups is 1. The van der Waals surface area contributed by atoms with E-state index in [9.17, 15) is 4.79 Å². The first-order valence-corrected chi connectivity index (χ1v) is 4.12. The van der Waals surface area contributed by atoms with E-state index in [4.69, 9.17) is 0 Å². The number of hydrogen-bond acceptors (Lipinski definition) is 4. The molecule has 2 heterocycles. The lowest BCUT2D eigenvalue weighted by atomic mass is 10.3. The van der Waals surface area contributed by atoms with Crippen LogP contribution < -0.4 is 0 Å². The van der Waals surface area contributed by atoms with Crippen LogP contribution in [0, 0.1) is 0 Å². The van der Waals surface area contributed by atoms with E-state index in [-0.39, 0.29) is 11.6 Å². The summed E-state index contributed by atoms with van der Waals surface area (Å²) in [6.45, 7) is 2.03. The predicted octanol–water partition coefficient (Wildman–Crippen LogP) is 0.607. The lowest BCUT2D eigenvalue weighted by Crippen LogP contribution is -2.21. The van der Waals surface area contributed by atoms with Crippen LogP contribution in [0.4, 0.5) is 0 Å². The number of carbonyl (C=O) groups excluding carboxylic acids is 1. The predicted molar refractivity (Wildman–Crippen MR) is 50.7 cm³/mol. The van der Waals surface area contributed by atoms with Gasteiger partial charge in [0.1, 0.15) is 12.2 Å². The van der Waals surface area contributed by atoms with Crippen molar-refractivity contribution in [2.45, 2.75) is 19.8 Å². The summed E-state index contributed by atoms with van der Waals surface area (Å²) >= 11 is 0. The van der Waals surface area contributed by atoms with Crippen molar-refractivity contribution in [2.24, 2.45) is 20.0 Å². The molecule has 0 atom stereocenters. The molecule has 0 aromatic rings. The van der Waals surface area contributed by atoms with Crippen LogP contribution >= 0.6 is 0 Å². The molecule has 2 aliphatic rings. The van der Waals surface area contributed by atoms with Crippen molar-refractivity contribution in [3.05, 3.63) is 0 Å². The molecular weight excluding hydrogens is 168 g/mol. The number of amidine groups is 2. The summed E-state index contributed by atoms with van der Waals surface area (Å²) in [6, 6.07) is 0. The van der Waals surface area contributed by atoms with Crippen LogP contribution in [0.5, 0.6) is 0 Å². The average molecular weight is 176 g/mol. The van der Waals surface area contributed by atoms with Gasteiger partial charge < -0.3 is 0 Å². The second kappa shape index (κ2) is 3.01. The van der Waals surface area contributed by atoms with E-state index >= 15 is 0 Å². The van der Waals surface area contributed by atoms with Gasteiger partial charge in [-0.3, -0.25) is 4.79 Å². The number of rotatable bonds is 2. The number of nitrogens with zero attached hydrogens (tertiary/aromatic N) is 4. The smallest absolute Gasteiger partial charge is 0.265 e. The highest BCUT2D eigenvalue weighted by atomic mass is 16.1. The minimum absolute atomic E-state index is 0.283. The Balaban J connectivity index is 2.30. The average Bonchev–Trinajstić information content (AvgIpc) is 2.49. The molecule has 0 fully saturated rings. The minimum Gasteiger partial charge on any atom is -0.265 e. The number of fused-ring (bicyclic) bond motifs is 1. The summed E-state index contributed by atoms with van der Waals surface area (Å²) in [5.74, 6) is 0.735. The Morgan fingerprint density at radius 1 is 1.38 bits per heavy atom. The molecule has 13 heavy (non-hydrogen) atoms.